The molecule has 2 aromatic heterocycles. The predicted molar refractivity (Wildman–Crippen MR) is 73.0 cm³/mol. The minimum absolute atomic E-state index is 0.325. The molecule has 1 atom stereocenters. The van der Waals surface area contributed by atoms with Crippen molar-refractivity contribution in [2.75, 3.05) is 13.7 Å². The first-order valence-corrected chi connectivity index (χ1v) is 7.00. The van der Waals surface area contributed by atoms with Crippen LogP contribution in [-0.2, 0) is 17.9 Å². The standard InChI is InChI=1S/C15H20N2O3/c1-11-8-13(20-16-11)9-17-7-3-4-14(17)15-6-5-12(19-15)10-18-2/h5-6,8,14H,3-4,7,9-10H2,1-2H3. The molecule has 108 valence electrons. The quantitative estimate of drug-likeness (QED) is 0.840. The number of hydrogen-bond donors (Lipinski definition) is 0. The average Bonchev–Trinajstić information content (AvgIpc) is 3.12. The first-order chi connectivity index (χ1) is 9.76. The number of aromatic nitrogens is 1. The van der Waals surface area contributed by atoms with Gasteiger partial charge in [-0.2, -0.15) is 0 Å². The Hall–Kier alpha value is -1.59. The van der Waals surface area contributed by atoms with E-state index in [0.717, 1.165) is 42.5 Å². The summed E-state index contributed by atoms with van der Waals surface area (Å²) in [5.41, 5.74) is 0.927. The summed E-state index contributed by atoms with van der Waals surface area (Å²) in [5.74, 6) is 2.81. The zero-order valence-electron chi connectivity index (χ0n) is 12.0. The molecule has 2 aromatic rings. The molecule has 0 bridgehead atoms. The van der Waals surface area contributed by atoms with Crippen LogP contribution in [0.2, 0.25) is 0 Å². The third-order valence-electron chi connectivity index (χ3n) is 3.70. The summed E-state index contributed by atoms with van der Waals surface area (Å²) in [6, 6.07) is 6.37. The lowest BCUT2D eigenvalue weighted by Crippen LogP contribution is -2.22. The Morgan fingerprint density at radius 2 is 2.30 bits per heavy atom. The van der Waals surface area contributed by atoms with Crippen LogP contribution < -0.4 is 0 Å². The molecule has 1 saturated heterocycles. The van der Waals surface area contributed by atoms with Crippen molar-refractivity contribution in [2.45, 2.75) is 39.0 Å². The Morgan fingerprint density at radius 3 is 3.05 bits per heavy atom. The molecule has 0 amide bonds. The number of furan rings is 1. The van der Waals surface area contributed by atoms with Crippen molar-refractivity contribution in [3.05, 3.63) is 41.2 Å². The summed E-state index contributed by atoms with van der Waals surface area (Å²) in [6.45, 7) is 4.31. The van der Waals surface area contributed by atoms with Crippen molar-refractivity contribution in [3.8, 4) is 0 Å². The highest BCUT2D eigenvalue weighted by Gasteiger charge is 2.29. The maximum atomic E-state index is 5.87. The van der Waals surface area contributed by atoms with Crippen LogP contribution in [0.15, 0.2) is 27.1 Å². The largest absolute Gasteiger partial charge is 0.462 e. The lowest BCUT2D eigenvalue weighted by atomic mass is 10.1. The lowest BCUT2D eigenvalue weighted by molar-refractivity contribution is 0.153. The summed E-state index contributed by atoms with van der Waals surface area (Å²) in [4.78, 5) is 2.38. The molecular weight excluding hydrogens is 256 g/mol. The van der Waals surface area contributed by atoms with E-state index in [-0.39, 0.29) is 0 Å². The maximum Gasteiger partial charge on any atom is 0.150 e. The Bertz CT molecular complexity index is 561. The molecule has 3 rings (SSSR count). The van der Waals surface area contributed by atoms with Gasteiger partial charge < -0.3 is 13.7 Å². The number of aryl methyl sites for hydroxylation is 1. The molecule has 0 aliphatic carbocycles. The number of nitrogens with zero attached hydrogens (tertiary/aromatic N) is 2. The van der Waals surface area contributed by atoms with E-state index in [0.29, 0.717) is 12.6 Å². The van der Waals surface area contributed by atoms with Crippen LogP contribution in [-0.4, -0.2) is 23.7 Å². The van der Waals surface area contributed by atoms with Crippen molar-refractivity contribution in [3.63, 3.8) is 0 Å². The Kier molecular flexibility index (Phi) is 3.89. The fourth-order valence-electron chi connectivity index (χ4n) is 2.82. The molecule has 3 heterocycles. The molecule has 0 saturated carbocycles. The van der Waals surface area contributed by atoms with Crippen LogP contribution in [0.4, 0.5) is 0 Å². The predicted octanol–water partition coefficient (Wildman–Crippen LogP) is 3.06. The molecule has 1 aliphatic rings. The highest BCUT2D eigenvalue weighted by Crippen LogP contribution is 2.34. The van der Waals surface area contributed by atoms with E-state index in [9.17, 15) is 0 Å². The van der Waals surface area contributed by atoms with Crippen molar-refractivity contribution >= 4 is 0 Å². The van der Waals surface area contributed by atoms with Gasteiger partial charge in [-0.3, -0.25) is 4.90 Å². The smallest absolute Gasteiger partial charge is 0.150 e. The normalized spacial score (nSPS) is 19.8. The fourth-order valence-corrected chi connectivity index (χ4v) is 2.82. The van der Waals surface area contributed by atoms with Crippen LogP contribution in [0.25, 0.3) is 0 Å². The topological polar surface area (TPSA) is 51.6 Å². The van der Waals surface area contributed by atoms with Crippen LogP contribution in [0.5, 0.6) is 0 Å². The molecule has 1 unspecified atom stereocenters. The van der Waals surface area contributed by atoms with Crippen molar-refractivity contribution in [2.24, 2.45) is 0 Å². The summed E-state index contributed by atoms with van der Waals surface area (Å²) in [7, 11) is 1.68. The van der Waals surface area contributed by atoms with Gasteiger partial charge in [0, 0.05) is 13.2 Å². The Morgan fingerprint density at radius 1 is 1.40 bits per heavy atom. The molecule has 5 nitrogen and oxygen atoms in total. The third-order valence-corrected chi connectivity index (χ3v) is 3.70. The van der Waals surface area contributed by atoms with E-state index in [2.05, 4.69) is 16.1 Å². The van der Waals surface area contributed by atoms with Crippen LogP contribution in [0.3, 0.4) is 0 Å². The van der Waals surface area contributed by atoms with Gasteiger partial charge in [-0.15, -0.1) is 0 Å². The summed E-state index contributed by atoms with van der Waals surface area (Å²) >= 11 is 0. The first-order valence-electron chi connectivity index (χ1n) is 7.00. The minimum atomic E-state index is 0.325. The highest BCUT2D eigenvalue weighted by atomic mass is 16.5. The van der Waals surface area contributed by atoms with E-state index >= 15 is 0 Å². The molecule has 20 heavy (non-hydrogen) atoms. The molecule has 0 N–H and O–H groups in total. The van der Waals surface area contributed by atoms with Gasteiger partial charge in [0.2, 0.25) is 0 Å². The molecule has 0 aromatic carbocycles. The summed E-state index contributed by atoms with van der Waals surface area (Å²) in [6.07, 6.45) is 2.30. The molecule has 0 radical (unpaired) electrons. The summed E-state index contributed by atoms with van der Waals surface area (Å²) in [5, 5.41) is 3.94. The average molecular weight is 276 g/mol. The Labute approximate surface area is 118 Å². The zero-order valence-corrected chi connectivity index (χ0v) is 12.0. The molecule has 0 spiro atoms. The number of methoxy groups -OCH3 is 1. The second kappa shape index (κ2) is 5.81. The van der Waals surface area contributed by atoms with Crippen molar-refractivity contribution in [1.82, 2.24) is 10.1 Å². The van der Waals surface area contributed by atoms with Gasteiger partial charge in [-0.05, 0) is 38.4 Å². The Balaban J connectivity index is 1.71. The van der Waals surface area contributed by atoms with E-state index < -0.39 is 0 Å². The summed E-state index contributed by atoms with van der Waals surface area (Å²) < 4.78 is 16.3. The van der Waals surface area contributed by atoms with E-state index in [1.165, 1.54) is 6.42 Å². The van der Waals surface area contributed by atoms with Crippen LogP contribution in [0, 0.1) is 6.92 Å². The third kappa shape index (κ3) is 2.78. The lowest BCUT2D eigenvalue weighted by Gasteiger charge is -2.21. The monoisotopic (exact) mass is 276 g/mol. The van der Waals surface area contributed by atoms with Gasteiger partial charge in [-0.1, -0.05) is 5.16 Å². The second-order valence-corrected chi connectivity index (χ2v) is 5.30. The van der Waals surface area contributed by atoms with Crippen molar-refractivity contribution in [1.29, 1.82) is 0 Å². The molecule has 1 aliphatic heterocycles. The minimum Gasteiger partial charge on any atom is -0.462 e. The van der Waals surface area contributed by atoms with Crippen LogP contribution in [0.1, 0.15) is 41.9 Å². The number of hydrogen-bond acceptors (Lipinski definition) is 5. The molecule has 5 heteroatoms. The number of rotatable bonds is 5. The van der Waals surface area contributed by atoms with E-state index in [1.807, 2.05) is 19.1 Å². The number of ether oxygens (including phenoxy) is 1. The maximum absolute atomic E-state index is 5.87. The fraction of sp³-hybridized carbons (Fsp3) is 0.533. The van der Waals surface area contributed by atoms with Crippen LogP contribution >= 0.6 is 0 Å². The second-order valence-electron chi connectivity index (χ2n) is 5.30. The SMILES string of the molecule is COCc1ccc(C2CCCN2Cc2cc(C)no2)o1. The van der Waals surface area contributed by atoms with E-state index in [1.54, 1.807) is 7.11 Å². The first kappa shape index (κ1) is 13.4. The molecule has 1 fully saturated rings. The molecular formula is C15H20N2O3. The van der Waals surface area contributed by atoms with Crippen molar-refractivity contribution < 1.29 is 13.7 Å². The number of likely N-dealkylation sites (tertiary alicyclic amines) is 1. The zero-order chi connectivity index (χ0) is 13.9. The van der Waals surface area contributed by atoms with Gasteiger partial charge in [0.05, 0.1) is 18.3 Å². The van der Waals surface area contributed by atoms with Gasteiger partial charge in [0.25, 0.3) is 0 Å². The van der Waals surface area contributed by atoms with E-state index in [4.69, 9.17) is 13.7 Å². The van der Waals surface area contributed by atoms with Gasteiger partial charge in [-0.25, -0.2) is 0 Å². The van der Waals surface area contributed by atoms with Gasteiger partial charge in [0.15, 0.2) is 5.76 Å². The van der Waals surface area contributed by atoms with Gasteiger partial charge >= 0.3 is 0 Å². The highest BCUT2D eigenvalue weighted by molar-refractivity contribution is 5.13. The van der Waals surface area contributed by atoms with Gasteiger partial charge in [0.1, 0.15) is 18.1 Å².